The quantitative estimate of drug-likeness (QED) is 0.896. The van der Waals surface area contributed by atoms with Crippen molar-refractivity contribution in [1.29, 1.82) is 0 Å². The number of hydrogen-bond acceptors (Lipinski definition) is 3. The third kappa shape index (κ3) is 2.11. The van der Waals surface area contributed by atoms with Crippen molar-refractivity contribution in [2.45, 2.75) is 26.7 Å². The van der Waals surface area contributed by atoms with Crippen LogP contribution < -0.4 is 0 Å². The molecule has 0 spiro atoms. The monoisotopic (exact) mass is 245 g/mol. The number of hydrogen-bond donors (Lipinski definition) is 1. The zero-order valence-electron chi connectivity index (χ0n) is 10.4. The molecule has 94 valence electrons. The van der Waals surface area contributed by atoms with Crippen molar-refractivity contribution >= 4 is 5.97 Å². The van der Waals surface area contributed by atoms with E-state index in [4.69, 9.17) is 5.11 Å². The molecular formula is C13H15N3O2. The molecule has 0 saturated heterocycles. The van der Waals surface area contributed by atoms with Gasteiger partial charge in [-0.3, -0.25) is 0 Å². The van der Waals surface area contributed by atoms with E-state index in [1.807, 2.05) is 38.1 Å². The Labute approximate surface area is 105 Å². The number of rotatable bonds is 4. The second-order valence-corrected chi connectivity index (χ2v) is 4.14. The Kier molecular flexibility index (Phi) is 3.41. The summed E-state index contributed by atoms with van der Waals surface area (Å²) in [5.41, 5.74) is 2.61. The fourth-order valence-corrected chi connectivity index (χ4v) is 1.92. The highest BCUT2D eigenvalue weighted by Crippen LogP contribution is 2.17. The van der Waals surface area contributed by atoms with Crippen LogP contribution in [-0.2, 0) is 6.42 Å². The lowest BCUT2D eigenvalue weighted by Crippen LogP contribution is -2.07. The number of benzene rings is 1. The highest BCUT2D eigenvalue weighted by molar-refractivity contribution is 5.86. The SMILES string of the molecule is CCCc1c(C(=O)O)nnn1-c1ccccc1C. The van der Waals surface area contributed by atoms with Crippen LogP contribution in [0.15, 0.2) is 24.3 Å². The van der Waals surface area contributed by atoms with Gasteiger partial charge in [0.2, 0.25) is 0 Å². The Balaban J connectivity index is 2.58. The summed E-state index contributed by atoms with van der Waals surface area (Å²) in [6.07, 6.45) is 1.49. The number of carboxylic acids is 1. The molecule has 0 saturated carbocycles. The van der Waals surface area contributed by atoms with E-state index in [9.17, 15) is 4.79 Å². The summed E-state index contributed by atoms with van der Waals surface area (Å²) in [6, 6.07) is 7.72. The molecule has 2 rings (SSSR count). The molecule has 0 aliphatic carbocycles. The maximum Gasteiger partial charge on any atom is 0.358 e. The van der Waals surface area contributed by atoms with Crippen LogP contribution in [0.4, 0.5) is 0 Å². The molecule has 5 nitrogen and oxygen atoms in total. The summed E-state index contributed by atoms with van der Waals surface area (Å²) in [6.45, 7) is 3.97. The summed E-state index contributed by atoms with van der Waals surface area (Å²) in [5.74, 6) is -1.03. The van der Waals surface area contributed by atoms with Crippen LogP contribution in [0.5, 0.6) is 0 Å². The fraction of sp³-hybridized carbons (Fsp3) is 0.308. The summed E-state index contributed by atoms with van der Waals surface area (Å²) < 4.78 is 1.63. The molecule has 0 amide bonds. The maximum absolute atomic E-state index is 11.1. The molecule has 0 radical (unpaired) electrons. The Morgan fingerprint density at radius 1 is 1.39 bits per heavy atom. The first-order chi connectivity index (χ1) is 8.65. The average molecular weight is 245 g/mol. The first kappa shape index (κ1) is 12.3. The normalized spacial score (nSPS) is 10.6. The van der Waals surface area contributed by atoms with Crippen LogP contribution in [0.25, 0.3) is 5.69 Å². The minimum atomic E-state index is -1.03. The molecule has 1 aromatic heterocycles. The first-order valence-corrected chi connectivity index (χ1v) is 5.89. The van der Waals surface area contributed by atoms with Crippen molar-refractivity contribution in [3.05, 3.63) is 41.2 Å². The molecule has 1 heterocycles. The standard InChI is InChI=1S/C13H15N3O2/c1-3-6-11-12(13(17)18)14-15-16(11)10-8-5-4-7-9(10)2/h4-5,7-8H,3,6H2,1-2H3,(H,17,18). The Bertz CT molecular complexity index is 575. The van der Waals surface area contributed by atoms with Gasteiger partial charge in [-0.25, -0.2) is 9.48 Å². The highest BCUT2D eigenvalue weighted by Gasteiger charge is 2.19. The molecule has 0 aliphatic rings. The zero-order chi connectivity index (χ0) is 13.1. The average Bonchev–Trinajstić information content (AvgIpc) is 2.74. The van der Waals surface area contributed by atoms with Crippen molar-refractivity contribution in [3.63, 3.8) is 0 Å². The molecule has 0 aliphatic heterocycles. The van der Waals surface area contributed by atoms with Gasteiger partial charge in [-0.15, -0.1) is 5.10 Å². The minimum Gasteiger partial charge on any atom is -0.476 e. The van der Waals surface area contributed by atoms with E-state index in [2.05, 4.69) is 10.3 Å². The van der Waals surface area contributed by atoms with Gasteiger partial charge in [-0.2, -0.15) is 0 Å². The number of para-hydroxylation sites is 1. The number of aromatic nitrogens is 3. The van der Waals surface area contributed by atoms with E-state index in [1.54, 1.807) is 4.68 Å². The predicted octanol–water partition coefficient (Wildman–Crippen LogP) is 2.23. The van der Waals surface area contributed by atoms with E-state index in [-0.39, 0.29) is 5.69 Å². The van der Waals surface area contributed by atoms with Gasteiger partial charge in [0, 0.05) is 0 Å². The molecular weight excluding hydrogens is 230 g/mol. The van der Waals surface area contributed by atoms with Gasteiger partial charge in [0.05, 0.1) is 11.4 Å². The van der Waals surface area contributed by atoms with Crippen molar-refractivity contribution in [1.82, 2.24) is 15.0 Å². The van der Waals surface area contributed by atoms with Crippen molar-refractivity contribution in [3.8, 4) is 5.69 Å². The van der Waals surface area contributed by atoms with Gasteiger partial charge in [-0.05, 0) is 25.0 Å². The van der Waals surface area contributed by atoms with Crippen molar-refractivity contribution < 1.29 is 9.90 Å². The lowest BCUT2D eigenvalue weighted by atomic mass is 10.1. The van der Waals surface area contributed by atoms with E-state index >= 15 is 0 Å². The Morgan fingerprint density at radius 3 is 2.72 bits per heavy atom. The van der Waals surface area contributed by atoms with E-state index in [1.165, 1.54) is 0 Å². The summed E-state index contributed by atoms with van der Waals surface area (Å²) in [7, 11) is 0. The number of carboxylic acid groups (broad SMARTS) is 1. The third-order valence-electron chi connectivity index (χ3n) is 2.80. The summed E-state index contributed by atoms with van der Waals surface area (Å²) in [4.78, 5) is 11.1. The van der Waals surface area contributed by atoms with Gasteiger partial charge in [0.15, 0.2) is 5.69 Å². The van der Waals surface area contributed by atoms with Gasteiger partial charge in [0.25, 0.3) is 0 Å². The predicted molar refractivity (Wildman–Crippen MR) is 67.1 cm³/mol. The second-order valence-electron chi connectivity index (χ2n) is 4.14. The maximum atomic E-state index is 11.1. The number of carbonyl (C=O) groups is 1. The van der Waals surface area contributed by atoms with Crippen LogP contribution in [0.3, 0.4) is 0 Å². The zero-order valence-corrected chi connectivity index (χ0v) is 10.4. The molecule has 0 atom stereocenters. The van der Waals surface area contributed by atoms with E-state index in [0.29, 0.717) is 12.1 Å². The topological polar surface area (TPSA) is 68.0 Å². The highest BCUT2D eigenvalue weighted by atomic mass is 16.4. The molecule has 0 bridgehead atoms. The summed E-state index contributed by atoms with van der Waals surface area (Å²) in [5, 5.41) is 16.8. The van der Waals surface area contributed by atoms with Crippen molar-refractivity contribution in [2.24, 2.45) is 0 Å². The van der Waals surface area contributed by atoms with E-state index < -0.39 is 5.97 Å². The Morgan fingerprint density at radius 2 is 2.11 bits per heavy atom. The van der Waals surface area contributed by atoms with Gasteiger partial charge < -0.3 is 5.11 Å². The largest absolute Gasteiger partial charge is 0.476 e. The molecule has 0 unspecified atom stereocenters. The lowest BCUT2D eigenvalue weighted by molar-refractivity contribution is 0.0689. The van der Waals surface area contributed by atoms with Gasteiger partial charge in [-0.1, -0.05) is 36.8 Å². The molecule has 18 heavy (non-hydrogen) atoms. The van der Waals surface area contributed by atoms with E-state index in [0.717, 1.165) is 17.7 Å². The van der Waals surface area contributed by atoms with Gasteiger partial charge in [0.1, 0.15) is 0 Å². The molecule has 5 heteroatoms. The first-order valence-electron chi connectivity index (χ1n) is 5.89. The molecule has 0 fully saturated rings. The van der Waals surface area contributed by atoms with Gasteiger partial charge >= 0.3 is 5.97 Å². The Hall–Kier alpha value is -2.17. The smallest absolute Gasteiger partial charge is 0.358 e. The van der Waals surface area contributed by atoms with Crippen molar-refractivity contribution in [2.75, 3.05) is 0 Å². The number of aromatic carboxylic acids is 1. The summed E-state index contributed by atoms with van der Waals surface area (Å²) >= 11 is 0. The lowest BCUT2D eigenvalue weighted by Gasteiger charge is -2.08. The van der Waals surface area contributed by atoms with Crippen LogP contribution in [0.2, 0.25) is 0 Å². The molecule has 1 N–H and O–H groups in total. The number of aryl methyl sites for hydroxylation is 1. The van der Waals surface area contributed by atoms with Crippen LogP contribution >= 0.6 is 0 Å². The van der Waals surface area contributed by atoms with Crippen LogP contribution in [0.1, 0.15) is 35.1 Å². The molecule has 1 aromatic carbocycles. The van der Waals surface area contributed by atoms with Crippen LogP contribution in [-0.4, -0.2) is 26.1 Å². The molecule has 2 aromatic rings. The third-order valence-corrected chi connectivity index (χ3v) is 2.80. The number of nitrogens with zero attached hydrogens (tertiary/aromatic N) is 3. The minimum absolute atomic E-state index is 0.0418. The fourth-order valence-electron chi connectivity index (χ4n) is 1.92. The van der Waals surface area contributed by atoms with Crippen LogP contribution in [0, 0.1) is 6.92 Å². The second kappa shape index (κ2) is 5.00.